The number of rotatable bonds is 6. The lowest BCUT2D eigenvalue weighted by Crippen LogP contribution is -2.58. The first-order chi connectivity index (χ1) is 11.4. The number of carbonyl (C=O) groups excluding carboxylic acids is 1. The second-order valence-corrected chi connectivity index (χ2v) is 6.23. The highest BCUT2D eigenvalue weighted by molar-refractivity contribution is 5.89. The molecule has 0 saturated heterocycles. The van der Waals surface area contributed by atoms with Gasteiger partial charge in [-0.15, -0.1) is 0 Å². The standard InChI is InChI=1S/C18H25NO5/c1-13(24-15-9-7-14(23-3)8-10-15)16(20)19(2)18(17(21)22)11-5-4-6-12-18/h7-10,13H,4-6,11-12H2,1-3H3,(H,21,22). The van der Waals surface area contributed by atoms with E-state index in [0.29, 0.717) is 24.3 Å². The number of amides is 1. The van der Waals surface area contributed by atoms with Crippen molar-refractivity contribution in [1.82, 2.24) is 4.90 Å². The van der Waals surface area contributed by atoms with Crippen LogP contribution in [0.2, 0.25) is 0 Å². The molecule has 0 radical (unpaired) electrons. The van der Waals surface area contributed by atoms with Crippen molar-refractivity contribution in [1.29, 1.82) is 0 Å². The van der Waals surface area contributed by atoms with Gasteiger partial charge < -0.3 is 19.5 Å². The largest absolute Gasteiger partial charge is 0.497 e. The smallest absolute Gasteiger partial charge is 0.329 e. The molecule has 6 nitrogen and oxygen atoms in total. The lowest BCUT2D eigenvalue weighted by atomic mass is 9.80. The van der Waals surface area contributed by atoms with Crippen LogP contribution in [-0.2, 0) is 9.59 Å². The zero-order valence-electron chi connectivity index (χ0n) is 14.4. The van der Waals surface area contributed by atoms with Gasteiger partial charge in [0.25, 0.3) is 5.91 Å². The number of benzene rings is 1. The molecule has 0 aromatic heterocycles. The number of hydrogen-bond acceptors (Lipinski definition) is 4. The summed E-state index contributed by atoms with van der Waals surface area (Å²) in [4.78, 5) is 25.9. The van der Waals surface area contributed by atoms with Gasteiger partial charge >= 0.3 is 5.97 Å². The minimum Gasteiger partial charge on any atom is -0.497 e. The van der Waals surface area contributed by atoms with Crippen LogP contribution in [0.3, 0.4) is 0 Å². The molecule has 1 aliphatic rings. The zero-order chi connectivity index (χ0) is 17.7. The fourth-order valence-electron chi connectivity index (χ4n) is 3.22. The molecule has 0 aliphatic heterocycles. The Morgan fingerprint density at radius 2 is 1.67 bits per heavy atom. The maximum Gasteiger partial charge on any atom is 0.329 e. The number of hydrogen-bond donors (Lipinski definition) is 1. The van der Waals surface area contributed by atoms with Crippen molar-refractivity contribution in [3.05, 3.63) is 24.3 Å². The van der Waals surface area contributed by atoms with Gasteiger partial charge in [0.1, 0.15) is 17.0 Å². The van der Waals surface area contributed by atoms with E-state index in [-0.39, 0.29) is 5.91 Å². The van der Waals surface area contributed by atoms with E-state index in [0.717, 1.165) is 19.3 Å². The molecule has 1 amide bonds. The maximum atomic E-state index is 12.7. The second kappa shape index (κ2) is 7.55. The van der Waals surface area contributed by atoms with Crippen LogP contribution < -0.4 is 9.47 Å². The summed E-state index contributed by atoms with van der Waals surface area (Å²) < 4.78 is 10.8. The van der Waals surface area contributed by atoms with Crippen LogP contribution in [0.15, 0.2) is 24.3 Å². The molecular formula is C18H25NO5. The molecule has 0 spiro atoms. The number of carbonyl (C=O) groups is 2. The molecule has 1 aliphatic carbocycles. The van der Waals surface area contributed by atoms with Gasteiger partial charge in [0.15, 0.2) is 6.10 Å². The molecule has 0 bridgehead atoms. The van der Waals surface area contributed by atoms with Crippen molar-refractivity contribution in [2.75, 3.05) is 14.2 Å². The average molecular weight is 335 g/mol. The van der Waals surface area contributed by atoms with Gasteiger partial charge in [-0.05, 0) is 44.0 Å². The van der Waals surface area contributed by atoms with E-state index in [4.69, 9.17) is 9.47 Å². The van der Waals surface area contributed by atoms with Crippen LogP contribution in [0.5, 0.6) is 11.5 Å². The highest BCUT2D eigenvalue weighted by Crippen LogP contribution is 2.34. The number of methoxy groups -OCH3 is 1. The van der Waals surface area contributed by atoms with E-state index in [1.807, 2.05) is 0 Å². The SMILES string of the molecule is COc1ccc(OC(C)C(=O)N(C)C2(C(=O)O)CCCCC2)cc1. The van der Waals surface area contributed by atoms with Crippen LogP contribution in [0.25, 0.3) is 0 Å². The predicted molar refractivity (Wildman–Crippen MR) is 89.3 cm³/mol. The number of carboxylic acid groups (broad SMARTS) is 1. The summed E-state index contributed by atoms with van der Waals surface area (Å²) in [7, 11) is 3.14. The zero-order valence-corrected chi connectivity index (χ0v) is 14.4. The molecule has 132 valence electrons. The van der Waals surface area contributed by atoms with Crippen molar-refractivity contribution in [3.8, 4) is 11.5 Å². The molecule has 6 heteroatoms. The first kappa shape index (κ1) is 18.1. The second-order valence-electron chi connectivity index (χ2n) is 6.23. The fraction of sp³-hybridized carbons (Fsp3) is 0.556. The summed E-state index contributed by atoms with van der Waals surface area (Å²) in [5, 5.41) is 9.69. The van der Waals surface area contributed by atoms with Gasteiger partial charge in [0.05, 0.1) is 7.11 Å². The molecular weight excluding hydrogens is 310 g/mol. The lowest BCUT2D eigenvalue weighted by molar-refractivity contribution is -0.162. The third kappa shape index (κ3) is 3.63. The normalized spacial score (nSPS) is 17.6. The topological polar surface area (TPSA) is 76.1 Å². The molecule has 24 heavy (non-hydrogen) atoms. The third-order valence-corrected chi connectivity index (χ3v) is 4.77. The molecule has 2 rings (SSSR count). The van der Waals surface area contributed by atoms with Crippen LogP contribution >= 0.6 is 0 Å². The Labute approximate surface area is 142 Å². The van der Waals surface area contributed by atoms with E-state index in [1.54, 1.807) is 45.3 Å². The van der Waals surface area contributed by atoms with E-state index < -0.39 is 17.6 Å². The Balaban J connectivity index is 2.08. The molecule has 1 atom stereocenters. The number of carboxylic acids is 1. The lowest BCUT2D eigenvalue weighted by Gasteiger charge is -2.41. The first-order valence-corrected chi connectivity index (χ1v) is 8.22. The minimum absolute atomic E-state index is 0.324. The monoisotopic (exact) mass is 335 g/mol. The van der Waals surface area contributed by atoms with Crippen molar-refractivity contribution in [2.24, 2.45) is 0 Å². The van der Waals surface area contributed by atoms with Crippen molar-refractivity contribution < 1.29 is 24.2 Å². The first-order valence-electron chi connectivity index (χ1n) is 8.22. The Morgan fingerprint density at radius 3 is 2.17 bits per heavy atom. The Kier molecular flexibility index (Phi) is 5.70. The van der Waals surface area contributed by atoms with Crippen molar-refractivity contribution >= 4 is 11.9 Å². The summed E-state index contributed by atoms with van der Waals surface area (Å²) in [6.45, 7) is 1.64. The summed E-state index contributed by atoms with van der Waals surface area (Å²) in [6, 6.07) is 6.93. The van der Waals surface area contributed by atoms with Gasteiger partial charge in [-0.2, -0.15) is 0 Å². The quantitative estimate of drug-likeness (QED) is 0.865. The number of likely N-dealkylation sites (N-methyl/N-ethyl adjacent to an activating group) is 1. The molecule has 1 N–H and O–H groups in total. The van der Waals surface area contributed by atoms with Crippen molar-refractivity contribution in [2.45, 2.75) is 50.7 Å². The summed E-state index contributed by atoms with van der Waals surface area (Å²) >= 11 is 0. The molecule has 0 heterocycles. The molecule has 1 aromatic carbocycles. The average Bonchev–Trinajstić information content (AvgIpc) is 2.61. The number of ether oxygens (including phenoxy) is 2. The Bertz CT molecular complexity index is 578. The van der Waals surface area contributed by atoms with Gasteiger partial charge in [-0.3, -0.25) is 4.79 Å². The van der Waals surface area contributed by atoms with E-state index in [2.05, 4.69) is 0 Å². The van der Waals surface area contributed by atoms with Gasteiger partial charge in [-0.25, -0.2) is 4.79 Å². The van der Waals surface area contributed by atoms with Crippen LogP contribution in [-0.4, -0.2) is 47.7 Å². The molecule has 1 saturated carbocycles. The van der Waals surface area contributed by atoms with Gasteiger partial charge in [0, 0.05) is 7.05 Å². The van der Waals surface area contributed by atoms with E-state index >= 15 is 0 Å². The Hall–Kier alpha value is -2.24. The summed E-state index contributed by atoms with van der Waals surface area (Å²) in [5.41, 5.74) is -1.12. The van der Waals surface area contributed by atoms with Crippen LogP contribution in [0, 0.1) is 0 Å². The van der Waals surface area contributed by atoms with Crippen LogP contribution in [0.4, 0.5) is 0 Å². The highest BCUT2D eigenvalue weighted by atomic mass is 16.5. The van der Waals surface area contributed by atoms with E-state index in [1.165, 1.54) is 4.90 Å². The van der Waals surface area contributed by atoms with E-state index in [9.17, 15) is 14.7 Å². The minimum atomic E-state index is -1.12. The predicted octanol–water partition coefficient (Wildman–Crippen LogP) is 2.71. The molecule has 1 aromatic rings. The highest BCUT2D eigenvalue weighted by Gasteiger charge is 2.46. The number of aliphatic carboxylic acids is 1. The van der Waals surface area contributed by atoms with Gasteiger partial charge in [0.2, 0.25) is 0 Å². The Morgan fingerprint density at radius 1 is 1.12 bits per heavy atom. The van der Waals surface area contributed by atoms with Crippen LogP contribution in [0.1, 0.15) is 39.0 Å². The fourth-order valence-corrected chi connectivity index (χ4v) is 3.22. The summed E-state index contributed by atoms with van der Waals surface area (Å²) in [5.74, 6) is -0.0200. The maximum absolute atomic E-state index is 12.7. The number of nitrogens with zero attached hydrogens (tertiary/aromatic N) is 1. The third-order valence-electron chi connectivity index (χ3n) is 4.77. The molecule has 1 fully saturated rings. The molecule has 1 unspecified atom stereocenters. The summed E-state index contributed by atoms with van der Waals surface area (Å²) in [6.07, 6.45) is 2.85. The van der Waals surface area contributed by atoms with Gasteiger partial charge in [-0.1, -0.05) is 19.3 Å². The van der Waals surface area contributed by atoms with Crippen molar-refractivity contribution in [3.63, 3.8) is 0 Å².